The normalized spacial score (nSPS) is 15.0. The molecule has 0 unspecified atom stereocenters. The van der Waals surface area contributed by atoms with E-state index in [1.165, 1.54) is 17.1 Å². The highest BCUT2D eigenvalue weighted by atomic mass is 32.2. The number of benzene rings is 1. The summed E-state index contributed by atoms with van der Waals surface area (Å²) in [4.78, 5) is 12.0. The molecule has 1 fully saturated rings. The van der Waals surface area contributed by atoms with Crippen molar-refractivity contribution in [3.8, 4) is 0 Å². The Morgan fingerprint density at radius 3 is 2.42 bits per heavy atom. The number of nitrogens with zero attached hydrogens (tertiary/aromatic N) is 1. The van der Waals surface area contributed by atoms with Crippen molar-refractivity contribution >= 4 is 15.9 Å². The summed E-state index contributed by atoms with van der Waals surface area (Å²) >= 11 is 0. The van der Waals surface area contributed by atoms with E-state index >= 15 is 0 Å². The van der Waals surface area contributed by atoms with Gasteiger partial charge in [0.2, 0.25) is 15.9 Å². The predicted octanol–water partition coefficient (Wildman–Crippen LogP) is 1.33. The van der Waals surface area contributed by atoms with E-state index in [1.54, 1.807) is 31.3 Å². The Bertz CT molecular complexity index is 652. The molecule has 1 aromatic carbocycles. The number of rotatable bonds is 9. The minimum atomic E-state index is -3.46. The van der Waals surface area contributed by atoms with Crippen LogP contribution in [0.2, 0.25) is 0 Å². The average molecular weight is 353 g/mol. The van der Waals surface area contributed by atoms with E-state index in [4.69, 9.17) is 0 Å². The zero-order valence-corrected chi connectivity index (χ0v) is 15.4. The molecule has 24 heavy (non-hydrogen) atoms. The lowest BCUT2D eigenvalue weighted by atomic mass is 10.2. The van der Waals surface area contributed by atoms with Crippen LogP contribution in [0.4, 0.5) is 0 Å². The van der Waals surface area contributed by atoms with Gasteiger partial charge in [0.1, 0.15) is 0 Å². The van der Waals surface area contributed by atoms with Crippen molar-refractivity contribution in [2.45, 2.75) is 44.2 Å². The van der Waals surface area contributed by atoms with Crippen LogP contribution in [0, 0.1) is 5.92 Å². The Morgan fingerprint density at radius 2 is 1.88 bits per heavy atom. The third-order valence-electron chi connectivity index (χ3n) is 4.23. The number of amides is 1. The van der Waals surface area contributed by atoms with Crippen LogP contribution in [0.1, 0.15) is 32.3 Å². The molecule has 1 aromatic rings. The van der Waals surface area contributed by atoms with Crippen molar-refractivity contribution in [2.75, 3.05) is 20.1 Å². The summed E-state index contributed by atoms with van der Waals surface area (Å²) in [5, 5.41) is 5.97. The molecule has 1 amide bonds. The first-order valence-electron chi connectivity index (χ1n) is 8.35. The Labute approximate surface area is 144 Å². The second kappa shape index (κ2) is 8.09. The molecular formula is C17H27N3O3S. The summed E-state index contributed by atoms with van der Waals surface area (Å²) in [6.45, 7) is 5.28. The van der Waals surface area contributed by atoms with Gasteiger partial charge in [-0.15, -0.1) is 0 Å². The second-order valence-corrected chi connectivity index (χ2v) is 8.61. The molecule has 2 rings (SSSR count). The maximum Gasteiger partial charge on any atom is 0.243 e. The van der Waals surface area contributed by atoms with Crippen molar-refractivity contribution in [3.63, 3.8) is 0 Å². The van der Waals surface area contributed by atoms with Crippen LogP contribution in [0.5, 0.6) is 0 Å². The molecule has 0 radical (unpaired) electrons. The maximum absolute atomic E-state index is 12.4. The number of carbonyl (C=O) groups excluding carboxylic acids is 1. The molecule has 2 N–H and O–H groups in total. The molecule has 6 nitrogen and oxygen atoms in total. The first-order chi connectivity index (χ1) is 11.3. The van der Waals surface area contributed by atoms with Crippen LogP contribution >= 0.6 is 0 Å². The fourth-order valence-electron chi connectivity index (χ4n) is 2.20. The van der Waals surface area contributed by atoms with E-state index in [1.807, 2.05) is 13.8 Å². The number of hydrogen-bond donors (Lipinski definition) is 2. The molecule has 0 spiro atoms. The van der Waals surface area contributed by atoms with Gasteiger partial charge in [0.25, 0.3) is 0 Å². The molecule has 1 aliphatic rings. The number of nitrogens with one attached hydrogen (secondary N) is 2. The maximum atomic E-state index is 12.4. The third kappa shape index (κ3) is 5.29. The van der Waals surface area contributed by atoms with E-state index in [0.29, 0.717) is 13.1 Å². The van der Waals surface area contributed by atoms with Crippen molar-refractivity contribution in [3.05, 3.63) is 29.8 Å². The number of hydrogen-bond acceptors (Lipinski definition) is 4. The molecule has 0 aliphatic heterocycles. The summed E-state index contributed by atoms with van der Waals surface area (Å²) in [7, 11) is -1.89. The Kier molecular flexibility index (Phi) is 6.37. The van der Waals surface area contributed by atoms with Gasteiger partial charge in [0.05, 0.1) is 11.4 Å². The summed E-state index contributed by atoms with van der Waals surface area (Å²) in [6, 6.07) is 6.54. The lowest BCUT2D eigenvalue weighted by Crippen LogP contribution is -2.34. The zero-order valence-electron chi connectivity index (χ0n) is 14.6. The molecule has 0 bridgehead atoms. The lowest BCUT2D eigenvalue weighted by molar-refractivity contribution is -0.120. The molecule has 1 saturated carbocycles. The van der Waals surface area contributed by atoms with E-state index < -0.39 is 10.0 Å². The summed E-state index contributed by atoms with van der Waals surface area (Å²) in [6.07, 6.45) is 2.52. The van der Waals surface area contributed by atoms with E-state index in [0.717, 1.165) is 18.0 Å². The van der Waals surface area contributed by atoms with Crippen LogP contribution < -0.4 is 10.6 Å². The second-order valence-electron chi connectivity index (χ2n) is 6.61. The van der Waals surface area contributed by atoms with Gasteiger partial charge >= 0.3 is 0 Å². The quantitative estimate of drug-likeness (QED) is 0.702. The lowest BCUT2D eigenvalue weighted by Gasteiger charge is -2.21. The van der Waals surface area contributed by atoms with Crippen LogP contribution in [0.3, 0.4) is 0 Å². The van der Waals surface area contributed by atoms with Gasteiger partial charge in [0, 0.05) is 19.6 Å². The molecular weight excluding hydrogens is 326 g/mol. The fraction of sp³-hybridized carbons (Fsp3) is 0.588. The van der Waals surface area contributed by atoms with Crippen LogP contribution in [0.15, 0.2) is 29.2 Å². The predicted molar refractivity (Wildman–Crippen MR) is 94.0 cm³/mol. The van der Waals surface area contributed by atoms with Gasteiger partial charge in [-0.1, -0.05) is 12.1 Å². The molecule has 0 heterocycles. The van der Waals surface area contributed by atoms with Crippen molar-refractivity contribution in [1.29, 1.82) is 0 Å². The van der Waals surface area contributed by atoms with Gasteiger partial charge in [-0.3, -0.25) is 4.79 Å². The summed E-state index contributed by atoms with van der Waals surface area (Å²) in [5.41, 5.74) is 0.872. The van der Waals surface area contributed by atoms with Gasteiger partial charge in [0.15, 0.2) is 0 Å². The molecule has 1 aliphatic carbocycles. The van der Waals surface area contributed by atoms with Gasteiger partial charge < -0.3 is 10.6 Å². The standard InChI is InChI=1S/C17H27N3O3S/c1-13(2)20(3)24(22,23)16-8-6-15(7-9-16)11-19-17(21)12-18-10-14-4-5-14/h6-9,13-14,18H,4-5,10-12H2,1-3H3,(H,19,21). The minimum absolute atomic E-state index is 0.0492. The Hall–Kier alpha value is -1.44. The highest BCUT2D eigenvalue weighted by molar-refractivity contribution is 7.89. The largest absolute Gasteiger partial charge is 0.351 e. The molecule has 134 valence electrons. The van der Waals surface area contributed by atoms with Gasteiger partial charge in [-0.25, -0.2) is 8.42 Å². The molecule has 0 saturated heterocycles. The smallest absolute Gasteiger partial charge is 0.243 e. The number of carbonyl (C=O) groups is 1. The minimum Gasteiger partial charge on any atom is -0.351 e. The zero-order chi connectivity index (χ0) is 17.7. The molecule has 7 heteroatoms. The van der Waals surface area contributed by atoms with Crippen molar-refractivity contribution in [2.24, 2.45) is 5.92 Å². The van der Waals surface area contributed by atoms with Gasteiger partial charge in [-0.2, -0.15) is 4.31 Å². The monoisotopic (exact) mass is 353 g/mol. The third-order valence-corrected chi connectivity index (χ3v) is 6.28. The first-order valence-corrected chi connectivity index (χ1v) is 9.79. The number of sulfonamides is 1. The topological polar surface area (TPSA) is 78.5 Å². The van der Waals surface area contributed by atoms with E-state index in [-0.39, 0.29) is 16.8 Å². The van der Waals surface area contributed by atoms with Crippen LogP contribution in [-0.2, 0) is 21.4 Å². The average Bonchev–Trinajstić information content (AvgIpc) is 3.36. The SMILES string of the molecule is CC(C)N(C)S(=O)(=O)c1ccc(CNC(=O)CNCC2CC2)cc1. The van der Waals surface area contributed by atoms with Crippen molar-refractivity contribution < 1.29 is 13.2 Å². The Morgan fingerprint density at radius 1 is 1.25 bits per heavy atom. The highest BCUT2D eigenvalue weighted by Crippen LogP contribution is 2.27. The fourth-order valence-corrected chi connectivity index (χ4v) is 3.57. The summed E-state index contributed by atoms with van der Waals surface area (Å²) in [5.74, 6) is 0.697. The summed E-state index contributed by atoms with van der Waals surface area (Å²) < 4.78 is 26.1. The van der Waals surface area contributed by atoms with Gasteiger partial charge in [-0.05, 0) is 56.8 Å². The Balaban J connectivity index is 1.83. The molecule has 0 aromatic heterocycles. The first kappa shape index (κ1) is 18.9. The highest BCUT2D eigenvalue weighted by Gasteiger charge is 2.23. The van der Waals surface area contributed by atoms with Crippen LogP contribution in [0.25, 0.3) is 0 Å². The van der Waals surface area contributed by atoms with E-state index in [2.05, 4.69) is 10.6 Å². The molecule has 0 atom stereocenters. The van der Waals surface area contributed by atoms with Crippen LogP contribution in [-0.4, -0.2) is 44.8 Å². The van der Waals surface area contributed by atoms with Crippen molar-refractivity contribution in [1.82, 2.24) is 14.9 Å². The van der Waals surface area contributed by atoms with E-state index in [9.17, 15) is 13.2 Å².